The van der Waals surface area contributed by atoms with Crippen molar-refractivity contribution in [3.8, 4) is 0 Å². The van der Waals surface area contributed by atoms with Gasteiger partial charge in [0.1, 0.15) is 0 Å². The second kappa shape index (κ2) is 4.68. The number of nitrogens with one attached hydrogen (secondary N) is 1. The molecule has 100 valence electrons. The van der Waals surface area contributed by atoms with Crippen LogP contribution in [0, 0.1) is 16.0 Å². The minimum absolute atomic E-state index is 0.188. The molecular formula is C15H18N2O2. The molecule has 1 heterocycles. The third-order valence-corrected chi connectivity index (χ3v) is 4.28. The molecular weight excluding hydrogens is 240 g/mol. The largest absolute Gasteiger partial charge is 0.382 e. The van der Waals surface area contributed by atoms with E-state index in [9.17, 15) is 10.1 Å². The molecule has 4 heteroatoms. The van der Waals surface area contributed by atoms with Crippen molar-refractivity contribution in [3.05, 3.63) is 46.0 Å². The van der Waals surface area contributed by atoms with Crippen molar-refractivity contribution in [3.63, 3.8) is 0 Å². The van der Waals surface area contributed by atoms with Crippen LogP contribution in [0.1, 0.15) is 37.7 Å². The average molecular weight is 258 g/mol. The first-order valence-electron chi connectivity index (χ1n) is 6.92. The minimum Gasteiger partial charge on any atom is -0.382 e. The Morgan fingerprint density at radius 2 is 2.32 bits per heavy atom. The van der Waals surface area contributed by atoms with Crippen molar-refractivity contribution >= 4 is 11.4 Å². The van der Waals surface area contributed by atoms with Gasteiger partial charge >= 0.3 is 0 Å². The van der Waals surface area contributed by atoms with Gasteiger partial charge in [-0.15, -0.1) is 0 Å². The summed E-state index contributed by atoms with van der Waals surface area (Å²) in [5, 5.41) is 14.5. The van der Waals surface area contributed by atoms with Crippen molar-refractivity contribution in [2.45, 2.75) is 38.1 Å². The molecule has 1 aromatic rings. The molecule has 1 aromatic carbocycles. The molecule has 0 saturated carbocycles. The molecule has 0 bridgehead atoms. The van der Waals surface area contributed by atoms with Gasteiger partial charge in [-0.1, -0.05) is 25.5 Å². The molecule has 0 radical (unpaired) electrons. The number of hydrogen-bond acceptors (Lipinski definition) is 3. The topological polar surface area (TPSA) is 55.2 Å². The van der Waals surface area contributed by atoms with E-state index in [4.69, 9.17) is 0 Å². The Morgan fingerprint density at radius 1 is 1.47 bits per heavy atom. The highest BCUT2D eigenvalue weighted by Crippen LogP contribution is 2.46. The molecule has 0 amide bonds. The zero-order chi connectivity index (χ0) is 13.4. The quantitative estimate of drug-likeness (QED) is 0.509. The van der Waals surface area contributed by atoms with Crippen molar-refractivity contribution in [1.29, 1.82) is 0 Å². The number of nitro benzene ring substituents is 1. The second-order valence-electron chi connectivity index (χ2n) is 5.42. The monoisotopic (exact) mass is 258 g/mol. The predicted molar refractivity (Wildman–Crippen MR) is 75.4 cm³/mol. The van der Waals surface area contributed by atoms with Gasteiger partial charge in [-0.3, -0.25) is 10.1 Å². The normalized spacial score (nSPS) is 27.5. The molecule has 19 heavy (non-hydrogen) atoms. The van der Waals surface area contributed by atoms with E-state index in [1.807, 2.05) is 6.07 Å². The van der Waals surface area contributed by atoms with E-state index in [1.54, 1.807) is 12.1 Å². The number of rotatable bonds is 3. The number of nitrogens with zero attached hydrogens (tertiary/aromatic N) is 1. The molecule has 3 rings (SSSR count). The van der Waals surface area contributed by atoms with E-state index in [0.717, 1.165) is 30.5 Å². The molecule has 0 spiro atoms. The smallest absolute Gasteiger partial charge is 0.269 e. The number of fused-ring (bicyclic) bond motifs is 3. The fourth-order valence-electron chi connectivity index (χ4n) is 3.40. The first-order chi connectivity index (χ1) is 9.20. The molecule has 0 saturated heterocycles. The van der Waals surface area contributed by atoms with Crippen LogP contribution < -0.4 is 5.32 Å². The zero-order valence-electron chi connectivity index (χ0n) is 11.0. The van der Waals surface area contributed by atoms with Crippen LogP contribution in [0.2, 0.25) is 0 Å². The Balaban J connectivity index is 2.00. The van der Waals surface area contributed by atoms with Gasteiger partial charge in [0, 0.05) is 29.8 Å². The maximum absolute atomic E-state index is 10.9. The molecule has 0 aromatic heterocycles. The third-order valence-electron chi connectivity index (χ3n) is 4.28. The highest BCUT2D eigenvalue weighted by molar-refractivity contribution is 5.62. The Morgan fingerprint density at radius 3 is 3.05 bits per heavy atom. The van der Waals surface area contributed by atoms with Gasteiger partial charge in [0.05, 0.1) is 4.92 Å². The summed E-state index contributed by atoms with van der Waals surface area (Å²) in [4.78, 5) is 10.6. The summed E-state index contributed by atoms with van der Waals surface area (Å²) < 4.78 is 0. The van der Waals surface area contributed by atoms with Crippen molar-refractivity contribution in [2.75, 3.05) is 5.32 Å². The molecule has 1 aliphatic heterocycles. The first kappa shape index (κ1) is 12.2. The summed E-state index contributed by atoms with van der Waals surface area (Å²) in [5.41, 5.74) is 2.34. The highest BCUT2D eigenvalue weighted by Gasteiger charge is 2.37. The van der Waals surface area contributed by atoms with Crippen LogP contribution in [0.3, 0.4) is 0 Å². The van der Waals surface area contributed by atoms with Crippen LogP contribution in [0.25, 0.3) is 0 Å². The van der Waals surface area contributed by atoms with Crippen LogP contribution in [-0.2, 0) is 0 Å². The fourth-order valence-corrected chi connectivity index (χ4v) is 3.40. The number of hydrogen-bond donors (Lipinski definition) is 1. The first-order valence-corrected chi connectivity index (χ1v) is 6.92. The number of benzene rings is 1. The maximum atomic E-state index is 10.9. The van der Waals surface area contributed by atoms with Crippen LogP contribution in [-0.4, -0.2) is 11.0 Å². The van der Waals surface area contributed by atoms with E-state index in [2.05, 4.69) is 24.4 Å². The summed E-state index contributed by atoms with van der Waals surface area (Å²) >= 11 is 0. The van der Waals surface area contributed by atoms with Crippen molar-refractivity contribution in [2.24, 2.45) is 5.92 Å². The van der Waals surface area contributed by atoms with Gasteiger partial charge in [-0.05, 0) is 30.4 Å². The zero-order valence-corrected chi connectivity index (χ0v) is 11.0. The van der Waals surface area contributed by atoms with Gasteiger partial charge in [0.25, 0.3) is 5.69 Å². The summed E-state index contributed by atoms with van der Waals surface area (Å²) in [5.74, 6) is 0.891. The number of anilines is 1. The van der Waals surface area contributed by atoms with E-state index in [-0.39, 0.29) is 10.6 Å². The SMILES string of the molecule is CCCC1Nc2ccc([N+](=O)[O-])cc2C2C=CCC12. The Hall–Kier alpha value is -1.84. The van der Waals surface area contributed by atoms with Gasteiger partial charge < -0.3 is 5.32 Å². The predicted octanol–water partition coefficient (Wildman–Crippen LogP) is 3.85. The van der Waals surface area contributed by atoms with E-state index < -0.39 is 0 Å². The van der Waals surface area contributed by atoms with Gasteiger partial charge in [-0.25, -0.2) is 0 Å². The summed E-state index contributed by atoms with van der Waals surface area (Å²) in [6, 6.07) is 5.67. The standard InChI is InChI=1S/C15H18N2O2/c1-2-4-14-12-6-3-5-11(12)13-9-10(17(18)19)7-8-15(13)16-14/h3,5,7-9,11-12,14,16H,2,4,6H2,1H3. The van der Waals surface area contributed by atoms with Gasteiger partial charge in [-0.2, -0.15) is 0 Å². The summed E-state index contributed by atoms with van der Waals surface area (Å²) in [6.07, 6.45) is 7.82. The van der Waals surface area contributed by atoms with Crippen LogP contribution in [0.4, 0.5) is 11.4 Å². The number of allylic oxidation sites excluding steroid dienone is 2. The number of non-ortho nitro benzene ring substituents is 1. The Labute approximate surface area is 112 Å². The summed E-state index contributed by atoms with van der Waals surface area (Å²) in [7, 11) is 0. The molecule has 4 nitrogen and oxygen atoms in total. The van der Waals surface area contributed by atoms with Gasteiger partial charge in [0.2, 0.25) is 0 Å². The average Bonchev–Trinajstić information content (AvgIpc) is 2.88. The Bertz CT molecular complexity index is 539. The molecule has 3 unspecified atom stereocenters. The Kier molecular flexibility index (Phi) is 3.01. The van der Waals surface area contributed by atoms with Gasteiger partial charge in [0.15, 0.2) is 0 Å². The lowest BCUT2D eigenvalue weighted by atomic mass is 9.78. The fraction of sp³-hybridized carbons (Fsp3) is 0.467. The molecule has 2 aliphatic rings. The molecule has 1 N–H and O–H groups in total. The lowest BCUT2D eigenvalue weighted by molar-refractivity contribution is -0.384. The van der Waals surface area contributed by atoms with Crippen LogP contribution >= 0.6 is 0 Å². The number of nitro groups is 1. The van der Waals surface area contributed by atoms with Crippen LogP contribution in [0.5, 0.6) is 0 Å². The molecule has 3 atom stereocenters. The highest BCUT2D eigenvalue weighted by atomic mass is 16.6. The molecule has 0 fully saturated rings. The third kappa shape index (κ3) is 2.01. The lowest BCUT2D eigenvalue weighted by Gasteiger charge is -2.37. The minimum atomic E-state index is -0.313. The van der Waals surface area contributed by atoms with Crippen molar-refractivity contribution in [1.82, 2.24) is 0 Å². The lowest BCUT2D eigenvalue weighted by Crippen LogP contribution is -2.35. The summed E-state index contributed by atoms with van der Waals surface area (Å²) in [6.45, 7) is 2.20. The van der Waals surface area contributed by atoms with Crippen molar-refractivity contribution < 1.29 is 4.92 Å². The van der Waals surface area contributed by atoms with E-state index in [0.29, 0.717) is 17.9 Å². The van der Waals surface area contributed by atoms with E-state index in [1.165, 1.54) is 0 Å². The molecule has 1 aliphatic carbocycles. The van der Waals surface area contributed by atoms with Crippen LogP contribution in [0.15, 0.2) is 30.4 Å². The maximum Gasteiger partial charge on any atom is 0.269 e. The van der Waals surface area contributed by atoms with E-state index >= 15 is 0 Å². The second-order valence-corrected chi connectivity index (χ2v) is 5.42.